The van der Waals surface area contributed by atoms with E-state index >= 15 is 0 Å². The standard InChI is InChI=1S/C21H23N3O3.C12H12ClN3/c1-14(15-8-6-5-7-9-15)23-20-13-22-12-17(24-20)16-10-18(25-2)21(27-4)19(11-16)26-3;1-9(10-5-3-2-4-6-10)15-12-8-14-7-11(13)16-12/h5-14H,1-4H3,(H,23,24);2-9H,1H3,(H,15,16)/t14-;9-/m11/s1. The lowest BCUT2D eigenvalue weighted by Crippen LogP contribution is -2.08. The summed E-state index contributed by atoms with van der Waals surface area (Å²) in [5.41, 5.74) is 3.91. The number of hydrogen-bond donors (Lipinski definition) is 2. The number of anilines is 2. The summed E-state index contributed by atoms with van der Waals surface area (Å²) < 4.78 is 16.2. The van der Waals surface area contributed by atoms with E-state index in [-0.39, 0.29) is 12.1 Å². The van der Waals surface area contributed by atoms with Crippen molar-refractivity contribution in [1.82, 2.24) is 19.9 Å². The van der Waals surface area contributed by atoms with Crippen LogP contribution in [0.25, 0.3) is 11.3 Å². The van der Waals surface area contributed by atoms with E-state index in [2.05, 4.69) is 68.7 Å². The first-order valence-electron chi connectivity index (χ1n) is 13.6. The van der Waals surface area contributed by atoms with Crippen LogP contribution in [0, 0.1) is 0 Å². The van der Waals surface area contributed by atoms with Crippen LogP contribution < -0.4 is 24.8 Å². The van der Waals surface area contributed by atoms with Crippen LogP contribution >= 0.6 is 11.6 Å². The van der Waals surface area contributed by atoms with E-state index in [9.17, 15) is 0 Å². The Labute approximate surface area is 257 Å². The molecule has 5 aromatic rings. The Morgan fingerprint density at radius 1 is 0.628 bits per heavy atom. The fourth-order valence-electron chi connectivity index (χ4n) is 4.31. The molecule has 0 aliphatic heterocycles. The number of aromatic nitrogens is 4. The number of nitrogens with zero attached hydrogens (tertiary/aromatic N) is 4. The normalized spacial score (nSPS) is 11.8. The second-order valence-electron chi connectivity index (χ2n) is 9.48. The predicted octanol–water partition coefficient (Wildman–Crippen LogP) is 7.65. The van der Waals surface area contributed by atoms with Crippen molar-refractivity contribution in [3.8, 4) is 28.5 Å². The van der Waals surface area contributed by atoms with Gasteiger partial charge in [-0.05, 0) is 37.1 Å². The topological polar surface area (TPSA) is 103 Å². The van der Waals surface area contributed by atoms with Crippen molar-refractivity contribution in [1.29, 1.82) is 0 Å². The van der Waals surface area contributed by atoms with Crippen molar-refractivity contribution in [2.45, 2.75) is 25.9 Å². The molecule has 2 N–H and O–H groups in total. The zero-order valence-electron chi connectivity index (χ0n) is 24.8. The van der Waals surface area contributed by atoms with Crippen LogP contribution in [0.1, 0.15) is 37.1 Å². The molecule has 2 heterocycles. The summed E-state index contributed by atoms with van der Waals surface area (Å²) in [6.07, 6.45) is 6.59. The van der Waals surface area contributed by atoms with Gasteiger partial charge in [-0.3, -0.25) is 9.97 Å². The minimum absolute atomic E-state index is 0.107. The lowest BCUT2D eigenvalue weighted by atomic mass is 10.1. The highest BCUT2D eigenvalue weighted by Crippen LogP contribution is 2.40. The van der Waals surface area contributed by atoms with Gasteiger partial charge in [-0.25, -0.2) is 9.97 Å². The van der Waals surface area contributed by atoms with Crippen LogP contribution in [0.15, 0.2) is 97.6 Å². The molecular weight excluding hydrogens is 564 g/mol. The zero-order chi connectivity index (χ0) is 30.6. The Kier molecular flexibility index (Phi) is 11.1. The molecule has 9 nitrogen and oxygen atoms in total. The van der Waals surface area contributed by atoms with Gasteiger partial charge < -0.3 is 24.8 Å². The smallest absolute Gasteiger partial charge is 0.203 e. The van der Waals surface area contributed by atoms with Crippen LogP contribution in [-0.2, 0) is 0 Å². The van der Waals surface area contributed by atoms with E-state index in [1.807, 2.05) is 48.5 Å². The molecule has 43 heavy (non-hydrogen) atoms. The zero-order valence-corrected chi connectivity index (χ0v) is 25.5. The third-order valence-corrected chi connectivity index (χ3v) is 6.71. The highest BCUT2D eigenvalue weighted by molar-refractivity contribution is 6.29. The molecule has 0 saturated carbocycles. The van der Waals surface area contributed by atoms with Crippen molar-refractivity contribution < 1.29 is 14.2 Å². The van der Waals surface area contributed by atoms with Crippen molar-refractivity contribution in [3.63, 3.8) is 0 Å². The average molecular weight is 599 g/mol. The fraction of sp³-hybridized carbons (Fsp3) is 0.212. The summed E-state index contributed by atoms with van der Waals surface area (Å²) in [6.45, 7) is 4.15. The number of ether oxygens (including phenoxy) is 3. The van der Waals surface area contributed by atoms with Crippen molar-refractivity contribution in [2.75, 3.05) is 32.0 Å². The van der Waals surface area contributed by atoms with Gasteiger partial charge in [0.05, 0.1) is 51.8 Å². The van der Waals surface area contributed by atoms with Gasteiger partial charge in [-0.2, -0.15) is 0 Å². The van der Waals surface area contributed by atoms with Crippen LogP contribution in [0.3, 0.4) is 0 Å². The number of methoxy groups -OCH3 is 3. The minimum atomic E-state index is 0.107. The Hall–Kier alpha value is -4.89. The molecule has 2 atom stereocenters. The van der Waals surface area contributed by atoms with Crippen molar-refractivity contribution >= 4 is 23.2 Å². The Morgan fingerprint density at radius 2 is 1.12 bits per heavy atom. The minimum Gasteiger partial charge on any atom is -0.493 e. The van der Waals surface area contributed by atoms with Gasteiger partial charge in [0.2, 0.25) is 5.75 Å². The summed E-state index contributed by atoms with van der Waals surface area (Å²) in [5.74, 6) is 3.07. The van der Waals surface area contributed by atoms with Gasteiger partial charge in [-0.15, -0.1) is 0 Å². The van der Waals surface area contributed by atoms with E-state index in [1.54, 1.807) is 39.9 Å². The van der Waals surface area contributed by atoms with Gasteiger partial charge in [0.25, 0.3) is 0 Å². The second kappa shape index (κ2) is 15.4. The third-order valence-electron chi connectivity index (χ3n) is 6.53. The van der Waals surface area contributed by atoms with Crippen molar-refractivity contribution in [3.05, 3.63) is 114 Å². The monoisotopic (exact) mass is 598 g/mol. The number of hydrogen-bond acceptors (Lipinski definition) is 9. The van der Waals surface area contributed by atoms with Gasteiger partial charge in [0.1, 0.15) is 16.8 Å². The van der Waals surface area contributed by atoms with Gasteiger partial charge in [-0.1, -0.05) is 72.3 Å². The van der Waals surface area contributed by atoms with Crippen LogP contribution in [-0.4, -0.2) is 41.3 Å². The average Bonchev–Trinajstić information content (AvgIpc) is 3.05. The third kappa shape index (κ3) is 8.56. The molecule has 10 heteroatoms. The molecule has 0 spiro atoms. The SMILES string of the molecule is COc1cc(-c2cncc(N[C@H](C)c3ccccc3)n2)cc(OC)c1OC.C[C@@H](Nc1cncc(Cl)n1)c1ccccc1. The summed E-state index contributed by atoms with van der Waals surface area (Å²) >= 11 is 5.76. The first-order valence-corrected chi connectivity index (χ1v) is 14.0. The fourth-order valence-corrected chi connectivity index (χ4v) is 4.46. The Balaban J connectivity index is 0.000000225. The maximum absolute atomic E-state index is 5.76. The summed E-state index contributed by atoms with van der Waals surface area (Å²) in [7, 11) is 4.76. The lowest BCUT2D eigenvalue weighted by molar-refractivity contribution is 0.324. The molecule has 0 amide bonds. The van der Waals surface area contributed by atoms with E-state index in [4.69, 9.17) is 25.8 Å². The first-order chi connectivity index (χ1) is 20.9. The van der Waals surface area contributed by atoms with Gasteiger partial charge >= 0.3 is 0 Å². The Bertz CT molecular complexity index is 1570. The summed E-state index contributed by atoms with van der Waals surface area (Å²) in [5, 5.41) is 7.02. The van der Waals surface area contributed by atoms with Crippen molar-refractivity contribution in [2.24, 2.45) is 0 Å². The molecule has 0 radical (unpaired) electrons. The summed E-state index contributed by atoms with van der Waals surface area (Å²) in [4.78, 5) is 17.1. The van der Waals surface area contributed by atoms with Crippen LogP contribution in [0.2, 0.25) is 5.15 Å². The number of halogens is 1. The number of nitrogens with one attached hydrogen (secondary N) is 2. The molecule has 2 aromatic heterocycles. The highest BCUT2D eigenvalue weighted by atomic mass is 35.5. The second-order valence-corrected chi connectivity index (χ2v) is 9.87. The van der Waals surface area contributed by atoms with Crippen LogP contribution in [0.4, 0.5) is 11.6 Å². The molecule has 0 aliphatic rings. The van der Waals surface area contributed by atoms with Gasteiger partial charge in [0.15, 0.2) is 11.5 Å². The Morgan fingerprint density at radius 3 is 1.58 bits per heavy atom. The quantitative estimate of drug-likeness (QED) is 0.168. The molecule has 0 fully saturated rings. The number of benzene rings is 3. The first kappa shape index (κ1) is 31.1. The molecule has 0 bridgehead atoms. The summed E-state index contributed by atoms with van der Waals surface area (Å²) in [6, 6.07) is 24.3. The molecule has 222 valence electrons. The van der Waals surface area contributed by atoms with E-state index in [1.165, 1.54) is 17.3 Å². The molecule has 0 aliphatic carbocycles. The molecule has 0 saturated heterocycles. The lowest BCUT2D eigenvalue weighted by Gasteiger charge is -2.16. The number of rotatable bonds is 10. The molecule has 3 aromatic carbocycles. The van der Waals surface area contributed by atoms with Gasteiger partial charge in [0, 0.05) is 17.6 Å². The highest BCUT2D eigenvalue weighted by Gasteiger charge is 2.15. The maximum atomic E-state index is 5.76. The molecule has 5 rings (SSSR count). The van der Waals surface area contributed by atoms with E-state index in [0.717, 1.165) is 5.56 Å². The molecular formula is C33H35ClN6O3. The maximum Gasteiger partial charge on any atom is 0.203 e. The van der Waals surface area contributed by atoms with E-state index in [0.29, 0.717) is 39.7 Å². The predicted molar refractivity (Wildman–Crippen MR) is 171 cm³/mol. The van der Waals surface area contributed by atoms with E-state index < -0.39 is 0 Å². The molecule has 0 unspecified atom stereocenters. The van der Waals surface area contributed by atoms with Crippen LogP contribution in [0.5, 0.6) is 17.2 Å². The largest absolute Gasteiger partial charge is 0.493 e.